The molecule has 1 aliphatic carbocycles. The van der Waals surface area contributed by atoms with Crippen LogP contribution in [0.15, 0.2) is 12.1 Å². The van der Waals surface area contributed by atoms with Gasteiger partial charge in [-0.05, 0) is 31.4 Å². The number of aryl methyl sites for hydroxylation is 1. The number of aliphatic carboxylic acids is 1. The third-order valence-corrected chi connectivity index (χ3v) is 3.12. The zero-order chi connectivity index (χ0) is 13.5. The second kappa shape index (κ2) is 4.04. The highest BCUT2D eigenvalue weighted by Crippen LogP contribution is 2.47. The largest absolute Gasteiger partial charge is 0.480 e. The smallest absolute Gasteiger partial charge is 0.319 e. The molecule has 0 radical (unpaired) electrons. The summed E-state index contributed by atoms with van der Waals surface area (Å²) in [5.74, 6) is -3.95. The van der Waals surface area contributed by atoms with Crippen molar-refractivity contribution in [3.05, 3.63) is 29.3 Å². The van der Waals surface area contributed by atoms with Gasteiger partial charge < -0.3 is 10.4 Å². The van der Waals surface area contributed by atoms with Crippen molar-refractivity contribution in [1.82, 2.24) is 0 Å². The predicted molar refractivity (Wildman–Crippen MR) is 59.0 cm³/mol. The Morgan fingerprint density at radius 1 is 1.33 bits per heavy atom. The molecule has 96 valence electrons. The molecule has 1 saturated carbocycles. The summed E-state index contributed by atoms with van der Waals surface area (Å²) in [7, 11) is 0. The van der Waals surface area contributed by atoms with E-state index in [1.807, 2.05) is 5.32 Å². The van der Waals surface area contributed by atoms with Gasteiger partial charge in [0, 0.05) is 0 Å². The molecule has 18 heavy (non-hydrogen) atoms. The molecule has 2 rings (SSSR count). The summed E-state index contributed by atoms with van der Waals surface area (Å²) in [5.41, 5.74) is -1.94. The van der Waals surface area contributed by atoms with Crippen molar-refractivity contribution in [2.75, 3.05) is 5.32 Å². The molecule has 0 heterocycles. The Morgan fingerprint density at radius 2 is 1.94 bits per heavy atom. The quantitative estimate of drug-likeness (QED) is 0.812. The summed E-state index contributed by atoms with van der Waals surface area (Å²) in [6.07, 6.45) is 0.368. The van der Waals surface area contributed by atoms with Crippen LogP contribution >= 0.6 is 0 Å². The summed E-state index contributed by atoms with van der Waals surface area (Å²) < 4.78 is 27.0. The fraction of sp³-hybridized carbons (Fsp3) is 0.333. The minimum absolute atomic E-state index is 0.173. The van der Waals surface area contributed by atoms with Crippen LogP contribution in [0.2, 0.25) is 0 Å². The van der Waals surface area contributed by atoms with Crippen molar-refractivity contribution in [2.24, 2.45) is 5.41 Å². The fourth-order valence-corrected chi connectivity index (χ4v) is 1.67. The molecule has 4 nitrogen and oxygen atoms in total. The number of carbonyl (C=O) groups is 2. The van der Waals surface area contributed by atoms with E-state index in [2.05, 4.69) is 0 Å². The van der Waals surface area contributed by atoms with Crippen molar-refractivity contribution < 1.29 is 23.5 Å². The van der Waals surface area contributed by atoms with Crippen molar-refractivity contribution in [3.8, 4) is 0 Å². The summed E-state index contributed by atoms with van der Waals surface area (Å²) in [6, 6.07) is 2.26. The average molecular weight is 255 g/mol. The number of hydrogen-bond acceptors (Lipinski definition) is 2. The van der Waals surface area contributed by atoms with Gasteiger partial charge in [-0.25, -0.2) is 8.78 Å². The van der Waals surface area contributed by atoms with Gasteiger partial charge in [-0.2, -0.15) is 0 Å². The molecule has 0 spiro atoms. The number of nitrogens with one attached hydrogen (secondary N) is 1. The lowest BCUT2D eigenvalue weighted by Crippen LogP contribution is -2.31. The number of hydrogen-bond donors (Lipinski definition) is 2. The Balaban J connectivity index is 2.28. The third-order valence-electron chi connectivity index (χ3n) is 3.12. The number of carbonyl (C=O) groups excluding carboxylic acids is 1. The molecule has 1 aromatic rings. The molecule has 6 heteroatoms. The van der Waals surface area contributed by atoms with Gasteiger partial charge in [0.25, 0.3) is 0 Å². The molecule has 0 atom stereocenters. The van der Waals surface area contributed by atoms with Crippen LogP contribution in [0.5, 0.6) is 0 Å². The van der Waals surface area contributed by atoms with E-state index in [1.165, 1.54) is 13.0 Å². The number of rotatable bonds is 3. The number of halogens is 2. The van der Waals surface area contributed by atoms with Crippen LogP contribution < -0.4 is 5.32 Å². The van der Waals surface area contributed by atoms with E-state index in [1.54, 1.807) is 0 Å². The standard InChI is InChI=1S/C12H11F2NO3/c1-6-2-3-7(13)9(8(6)14)15-10(16)12(4-5-12)11(17)18/h2-3H,4-5H2,1H3,(H,15,16)(H,17,18). The highest BCUT2D eigenvalue weighted by Gasteiger charge is 2.57. The number of carboxylic acids is 1. The summed E-state index contributed by atoms with van der Waals surface area (Å²) in [5, 5.41) is 10.9. The van der Waals surface area contributed by atoms with Crippen LogP contribution in [-0.4, -0.2) is 17.0 Å². The summed E-state index contributed by atoms with van der Waals surface area (Å²) in [6.45, 7) is 1.43. The molecule has 1 amide bonds. The minimum Gasteiger partial charge on any atom is -0.480 e. The maximum Gasteiger partial charge on any atom is 0.319 e. The Labute approximate surface area is 102 Å². The molecule has 1 aliphatic rings. The van der Waals surface area contributed by atoms with E-state index in [0.29, 0.717) is 0 Å². The van der Waals surface area contributed by atoms with E-state index in [-0.39, 0.29) is 18.4 Å². The zero-order valence-electron chi connectivity index (χ0n) is 9.59. The second-order valence-corrected chi connectivity index (χ2v) is 4.39. The topological polar surface area (TPSA) is 66.4 Å². The van der Waals surface area contributed by atoms with E-state index in [9.17, 15) is 18.4 Å². The number of carboxylic acid groups (broad SMARTS) is 1. The SMILES string of the molecule is Cc1ccc(F)c(NC(=O)C2(C(=O)O)CC2)c1F. The molecule has 0 unspecified atom stereocenters. The first-order chi connectivity index (χ1) is 8.38. The fourth-order valence-electron chi connectivity index (χ4n) is 1.67. The monoisotopic (exact) mass is 255 g/mol. The van der Waals surface area contributed by atoms with Gasteiger partial charge in [0.05, 0.1) is 0 Å². The first-order valence-corrected chi connectivity index (χ1v) is 5.38. The number of anilines is 1. The van der Waals surface area contributed by atoms with Crippen LogP contribution in [0, 0.1) is 24.0 Å². The van der Waals surface area contributed by atoms with Crippen LogP contribution in [0.3, 0.4) is 0 Å². The number of benzene rings is 1. The Bertz CT molecular complexity index is 538. The lowest BCUT2D eigenvalue weighted by atomic mass is 10.1. The third kappa shape index (κ3) is 1.83. The molecule has 1 aromatic carbocycles. The van der Waals surface area contributed by atoms with Gasteiger partial charge in [-0.1, -0.05) is 6.07 Å². The number of amides is 1. The highest BCUT2D eigenvalue weighted by molar-refractivity contribution is 6.10. The first-order valence-electron chi connectivity index (χ1n) is 5.38. The lowest BCUT2D eigenvalue weighted by Gasteiger charge is -2.13. The molecule has 0 bridgehead atoms. The molecular weight excluding hydrogens is 244 g/mol. The predicted octanol–water partition coefficient (Wildman–Crippen LogP) is 2.08. The van der Waals surface area contributed by atoms with E-state index in [0.717, 1.165) is 6.07 Å². The van der Waals surface area contributed by atoms with E-state index < -0.39 is 34.6 Å². The maximum absolute atomic E-state index is 13.6. The van der Waals surface area contributed by atoms with Gasteiger partial charge in [0.15, 0.2) is 5.82 Å². The molecule has 0 aromatic heterocycles. The van der Waals surface area contributed by atoms with Crippen LogP contribution in [0.1, 0.15) is 18.4 Å². The molecule has 0 saturated heterocycles. The average Bonchev–Trinajstić information content (AvgIpc) is 3.10. The summed E-state index contributed by atoms with van der Waals surface area (Å²) >= 11 is 0. The van der Waals surface area contributed by atoms with Gasteiger partial charge in [0.1, 0.15) is 16.9 Å². The minimum atomic E-state index is -1.53. The second-order valence-electron chi connectivity index (χ2n) is 4.39. The van der Waals surface area contributed by atoms with Crippen LogP contribution in [0.4, 0.5) is 14.5 Å². The molecule has 1 fully saturated rings. The zero-order valence-corrected chi connectivity index (χ0v) is 9.59. The molecule has 0 aliphatic heterocycles. The molecule has 2 N–H and O–H groups in total. The van der Waals surface area contributed by atoms with Crippen LogP contribution in [-0.2, 0) is 9.59 Å². The summed E-state index contributed by atoms with van der Waals surface area (Å²) in [4.78, 5) is 22.6. The van der Waals surface area contributed by atoms with Gasteiger partial charge >= 0.3 is 5.97 Å². The Hall–Kier alpha value is -1.98. The molecular formula is C12H11F2NO3. The van der Waals surface area contributed by atoms with Crippen LogP contribution in [0.25, 0.3) is 0 Å². The van der Waals surface area contributed by atoms with Crippen molar-refractivity contribution in [1.29, 1.82) is 0 Å². The maximum atomic E-state index is 13.6. The van der Waals surface area contributed by atoms with Crippen molar-refractivity contribution in [2.45, 2.75) is 19.8 Å². The van der Waals surface area contributed by atoms with Crippen molar-refractivity contribution >= 4 is 17.6 Å². The van der Waals surface area contributed by atoms with Crippen molar-refractivity contribution in [3.63, 3.8) is 0 Å². The normalized spacial score (nSPS) is 16.2. The first kappa shape index (κ1) is 12.5. The van der Waals surface area contributed by atoms with E-state index in [4.69, 9.17) is 5.11 Å². The van der Waals surface area contributed by atoms with Gasteiger partial charge in [-0.3, -0.25) is 9.59 Å². The van der Waals surface area contributed by atoms with E-state index >= 15 is 0 Å². The Morgan fingerprint density at radius 3 is 2.44 bits per heavy atom. The van der Waals surface area contributed by atoms with Gasteiger partial charge in [0.2, 0.25) is 5.91 Å². The van der Waals surface area contributed by atoms with Gasteiger partial charge in [-0.15, -0.1) is 0 Å². The highest BCUT2D eigenvalue weighted by atomic mass is 19.1. The lowest BCUT2D eigenvalue weighted by molar-refractivity contribution is -0.147. The Kier molecular flexibility index (Phi) is 2.80.